The van der Waals surface area contributed by atoms with Gasteiger partial charge in [-0.25, -0.2) is 4.98 Å². The third-order valence-corrected chi connectivity index (χ3v) is 3.96. The van der Waals surface area contributed by atoms with Gasteiger partial charge >= 0.3 is 0 Å². The van der Waals surface area contributed by atoms with E-state index in [1.807, 2.05) is 11.7 Å². The van der Waals surface area contributed by atoms with Crippen LogP contribution >= 0.6 is 0 Å². The molecule has 1 atom stereocenters. The largest absolute Gasteiger partial charge is 0.304 e. The van der Waals surface area contributed by atoms with E-state index in [0.717, 1.165) is 5.82 Å². The number of hydrogen-bond donors (Lipinski definition) is 1. The van der Waals surface area contributed by atoms with Gasteiger partial charge in [0.15, 0.2) is 0 Å². The third-order valence-electron chi connectivity index (χ3n) is 3.96. The average Bonchev–Trinajstić information content (AvgIpc) is 2.62. The van der Waals surface area contributed by atoms with Crippen LogP contribution in [0.5, 0.6) is 0 Å². The Morgan fingerprint density at radius 1 is 1.22 bits per heavy atom. The van der Waals surface area contributed by atoms with Crippen LogP contribution in [0.15, 0.2) is 6.33 Å². The molecular formula is C14H26N4. The minimum Gasteiger partial charge on any atom is -0.304 e. The Morgan fingerprint density at radius 3 is 2.39 bits per heavy atom. The highest BCUT2D eigenvalue weighted by atomic mass is 15.3. The minimum atomic E-state index is 0.320. The van der Waals surface area contributed by atoms with Crippen LogP contribution in [-0.2, 0) is 7.05 Å². The van der Waals surface area contributed by atoms with Crippen LogP contribution < -0.4 is 5.32 Å². The number of aromatic nitrogens is 3. The van der Waals surface area contributed by atoms with Crippen molar-refractivity contribution in [1.29, 1.82) is 0 Å². The Labute approximate surface area is 110 Å². The Kier molecular flexibility index (Phi) is 4.75. The van der Waals surface area contributed by atoms with Crippen molar-refractivity contribution in [2.45, 2.75) is 64.5 Å². The van der Waals surface area contributed by atoms with Crippen LogP contribution in [0.3, 0.4) is 0 Å². The van der Waals surface area contributed by atoms with E-state index in [9.17, 15) is 0 Å². The fourth-order valence-corrected chi connectivity index (χ4v) is 2.85. The van der Waals surface area contributed by atoms with Crippen LogP contribution in [0.2, 0.25) is 0 Å². The molecule has 2 rings (SSSR count). The molecule has 0 saturated heterocycles. The van der Waals surface area contributed by atoms with E-state index in [2.05, 4.69) is 29.2 Å². The lowest BCUT2D eigenvalue weighted by molar-refractivity contribution is 0.319. The maximum atomic E-state index is 4.42. The number of aryl methyl sites for hydroxylation is 1. The van der Waals surface area contributed by atoms with E-state index in [1.54, 1.807) is 6.33 Å². The maximum absolute atomic E-state index is 4.42. The van der Waals surface area contributed by atoms with Crippen LogP contribution in [0.4, 0.5) is 0 Å². The Hall–Kier alpha value is -0.900. The van der Waals surface area contributed by atoms with E-state index in [-0.39, 0.29) is 0 Å². The molecule has 1 aromatic rings. The van der Waals surface area contributed by atoms with Gasteiger partial charge in [-0.3, -0.25) is 4.68 Å². The molecule has 4 heteroatoms. The van der Waals surface area contributed by atoms with Gasteiger partial charge in [0.1, 0.15) is 12.2 Å². The lowest BCUT2D eigenvalue weighted by Gasteiger charge is -2.27. The van der Waals surface area contributed by atoms with Crippen LogP contribution in [0.1, 0.15) is 64.2 Å². The smallest absolute Gasteiger partial charge is 0.143 e. The molecule has 1 aliphatic rings. The van der Waals surface area contributed by atoms with Gasteiger partial charge in [0.05, 0.1) is 6.04 Å². The van der Waals surface area contributed by atoms with Gasteiger partial charge in [0, 0.05) is 13.1 Å². The molecule has 0 bridgehead atoms. The average molecular weight is 250 g/mol. The maximum Gasteiger partial charge on any atom is 0.143 e. The summed E-state index contributed by atoms with van der Waals surface area (Å²) in [5.41, 5.74) is 0. The second-order valence-electron chi connectivity index (χ2n) is 5.82. The molecule has 0 amide bonds. The van der Waals surface area contributed by atoms with Crippen LogP contribution in [0.25, 0.3) is 0 Å². The second-order valence-corrected chi connectivity index (χ2v) is 5.82. The Bertz CT molecular complexity index is 350. The second kappa shape index (κ2) is 6.32. The number of nitrogens with one attached hydrogen (secondary N) is 1. The molecule has 18 heavy (non-hydrogen) atoms. The zero-order chi connectivity index (χ0) is 13.0. The minimum absolute atomic E-state index is 0.320. The molecule has 1 aliphatic carbocycles. The molecule has 0 aliphatic heterocycles. The molecule has 1 saturated carbocycles. The summed E-state index contributed by atoms with van der Waals surface area (Å²) in [6.45, 7) is 4.51. The number of hydrogen-bond acceptors (Lipinski definition) is 3. The zero-order valence-electron chi connectivity index (χ0n) is 11.9. The quantitative estimate of drug-likeness (QED) is 0.836. The molecule has 1 fully saturated rings. The molecule has 0 unspecified atom stereocenters. The Morgan fingerprint density at radius 2 is 1.89 bits per heavy atom. The first kappa shape index (κ1) is 13.5. The number of rotatable bonds is 4. The molecule has 1 heterocycles. The van der Waals surface area contributed by atoms with Gasteiger partial charge in [-0.1, -0.05) is 39.5 Å². The van der Waals surface area contributed by atoms with E-state index < -0.39 is 0 Å². The van der Waals surface area contributed by atoms with Crippen LogP contribution in [-0.4, -0.2) is 20.8 Å². The molecular weight excluding hydrogens is 224 g/mol. The van der Waals surface area contributed by atoms with Gasteiger partial charge in [-0.05, 0) is 18.8 Å². The highest BCUT2D eigenvalue weighted by molar-refractivity contribution is 4.96. The first-order valence-electron chi connectivity index (χ1n) is 7.28. The lowest BCUT2D eigenvalue weighted by Crippen LogP contribution is -2.36. The molecule has 1 N–H and O–H groups in total. The van der Waals surface area contributed by atoms with Crippen molar-refractivity contribution in [3.8, 4) is 0 Å². The van der Waals surface area contributed by atoms with Crippen molar-refractivity contribution in [2.24, 2.45) is 13.0 Å². The van der Waals surface area contributed by atoms with Crippen LogP contribution in [0, 0.1) is 5.92 Å². The van der Waals surface area contributed by atoms with Gasteiger partial charge in [-0.2, -0.15) is 5.10 Å². The summed E-state index contributed by atoms with van der Waals surface area (Å²) in [6.07, 6.45) is 9.78. The molecule has 4 nitrogen and oxygen atoms in total. The topological polar surface area (TPSA) is 42.7 Å². The van der Waals surface area contributed by atoms with Gasteiger partial charge in [0.2, 0.25) is 0 Å². The van der Waals surface area contributed by atoms with Crippen molar-refractivity contribution < 1.29 is 0 Å². The molecule has 102 valence electrons. The van der Waals surface area contributed by atoms with Crippen molar-refractivity contribution in [3.63, 3.8) is 0 Å². The van der Waals surface area contributed by atoms with Crippen molar-refractivity contribution in [1.82, 2.24) is 20.1 Å². The summed E-state index contributed by atoms with van der Waals surface area (Å²) in [7, 11) is 1.98. The third kappa shape index (κ3) is 3.31. The normalized spacial score (nSPS) is 20.0. The monoisotopic (exact) mass is 250 g/mol. The van der Waals surface area contributed by atoms with E-state index >= 15 is 0 Å². The van der Waals surface area contributed by atoms with Gasteiger partial charge in [-0.15, -0.1) is 0 Å². The summed E-state index contributed by atoms with van der Waals surface area (Å²) in [5, 5.41) is 8.01. The van der Waals surface area contributed by atoms with Crippen molar-refractivity contribution in [2.75, 3.05) is 0 Å². The first-order chi connectivity index (χ1) is 8.68. The lowest BCUT2D eigenvalue weighted by atomic mass is 10.00. The fraction of sp³-hybridized carbons (Fsp3) is 0.857. The molecule has 0 spiro atoms. The summed E-state index contributed by atoms with van der Waals surface area (Å²) >= 11 is 0. The highest BCUT2D eigenvalue weighted by Crippen LogP contribution is 2.24. The highest BCUT2D eigenvalue weighted by Gasteiger charge is 2.24. The fourth-order valence-electron chi connectivity index (χ4n) is 2.85. The Balaban J connectivity index is 2.04. The van der Waals surface area contributed by atoms with E-state index in [0.29, 0.717) is 18.0 Å². The van der Waals surface area contributed by atoms with Gasteiger partial charge < -0.3 is 5.32 Å². The molecule has 1 aromatic heterocycles. The van der Waals surface area contributed by atoms with Crippen molar-refractivity contribution >= 4 is 0 Å². The predicted molar refractivity (Wildman–Crippen MR) is 73.2 cm³/mol. The molecule has 0 aromatic carbocycles. The van der Waals surface area contributed by atoms with Gasteiger partial charge in [0.25, 0.3) is 0 Å². The summed E-state index contributed by atoms with van der Waals surface area (Å²) in [5.74, 6) is 1.60. The summed E-state index contributed by atoms with van der Waals surface area (Å²) < 4.78 is 1.90. The van der Waals surface area contributed by atoms with E-state index in [1.165, 1.54) is 38.5 Å². The summed E-state index contributed by atoms with van der Waals surface area (Å²) in [4.78, 5) is 4.42. The molecule has 0 radical (unpaired) electrons. The standard InChI is InChI=1S/C14H26N4/c1-11(2)13(14-15-10-16-18(14)3)17-12-8-6-4-5-7-9-12/h10-13,17H,4-9H2,1-3H3/t13-/m0/s1. The first-order valence-corrected chi connectivity index (χ1v) is 7.28. The number of nitrogens with zero attached hydrogens (tertiary/aromatic N) is 3. The predicted octanol–water partition coefficient (Wildman–Crippen LogP) is 2.82. The summed E-state index contributed by atoms with van der Waals surface area (Å²) in [6, 6.07) is 0.970. The SMILES string of the molecule is CC(C)[C@H](NC1CCCCCC1)c1ncnn1C. The zero-order valence-corrected chi connectivity index (χ0v) is 11.9. The van der Waals surface area contributed by atoms with Crippen molar-refractivity contribution in [3.05, 3.63) is 12.2 Å². The van der Waals surface area contributed by atoms with E-state index in [4.69, 9.17) is 0 Å².